The summed E-state index contributed by atoms with van der Waals surface area (Å²) >= 11 is 0. The molecule has 0 bridgehead atoms. The number of aliphatic hydroxyl groups is 1. The van der Waals surface area contributed by atoms with Gasteiger partial charge in [0.1, 0.15) is 12.7 Å². The van der Waals surface area contributed by atoms with Crippen LogP contribution in [0.3, 0.4) is 0 Å². The van der Waals surface area contributed by atoms with Crippen LogP contribution in [-0.4, -0.2) is 66.5 Å². The molecule has 0 aromatic heterocycles. The van der Waals surface area contributed by atoms with Gasteiger partial charge in [-0.05, 0) is 38.5 Å². The molecule has 0 spiro atoms. The number of carbonyl (C=O) groups is 3. The van der Waals surface area contributed by atoms with E-state index in [1.54, 1.807) is 0 Å². The van der Waals surface area contributed by atoms with Gasteiger partial charge in [-0.3, -0.25) is 23.4 Å². The number of carbonyl (C=O) groups excluding carboxylic acids is 3. The smallest absolute Gasteiger partial charge is 0.462 e. The fourth-order valence-electron chi connectivity index (χ4n) is 7.22. The van der Waals surface area contributed by atoms with Gasteiger partial charge in [-0.25, -0.2) is 4.57 Å². The molecule has 0 aliphatic carbocycles. The van der Waals surface area contributed by atoms with Crippen LogP contribution in [0.15, 0.2) is 12.2 Å². The second kappa shape index (κ2) is 45.8. The maximum atomic E-state index is 12.8. The number of ether oxygens (including phenoxy) is 3. The summed E-state index contributed by atoms with van der Waals surface area (Å²) in [6, 6.07) is 0. The van der Waals surface area contributed by atoms with Crippen LogP contribution in [0.25, 0.3) is 0 Å². The summed E-state index contributed by atoms with van der Waals surface area (Å²) in [5, 5.41) is 9.75. The lowest BCUT2D eigenvalue weighted by Gasteiger charge is -2.21. The molecule has 0 amide bonds. The Morgan fingerprint density at radius 3 is 1.16 bits per heavy atom. The Morgan fingerprint density at radius 1 is 0.435 bits per heavy atom. The van der Waals surface area contributed by atoms with Crippen molar-refractivity contribution in [3.05, 3.63) is 12.2 Å². The third kappa shape index (κ3) is 43.5. The van der Waals surface area contributed by atoms with Crippen molar-refractivity contribution in [1.82, 2.24) is 0 Å². The van der Waals surface area contributed by atoms with Crippen molar-refractivity contribution in [3.63, 3.8) is 0 Å². The summed E-state index contributed by atoms with van der Waals surface area (Å²) in [6.07, 6.45) is 40.4. The maximum absolute atomic E-state index is 12.8. The Labute approximate surface area is 379 Å². The molecule has 62 heavy (non-hydrogen) atoms. The minimum atomic E-state index is -4.73. The Bertz CT molecular complexity index is 1100. The van der Waals surface area contributed by atoms with Gasteiger partial charge in [0, 0.05) is 19.3 Å². The number of phosphoric acid groups is 1. The van der Waals surface area contributed by atoms with E-state index >= 15 is 0 Å². The SMILES string of the molecule is CCCC/C=C\CCCCCCCC(=O)OCC(COP(=O)(O)OCC(CO)OC(=O)CCCCCCCCCCCCC)OC(=O)CCCCCCCCCCCCCCC. The molecule has 0 aromatic carbocycles. The molecule has 366 valence electrons. The van der Waals surface area contributed by atoms with Crippen molar-refractivity contribution < 1.29 is 52.2 Å². The predicted molar refractivity (Wildman–Crippen MR) is 252 cm³/mol. The number of aliphatic hydroxyl groups excluding tert-OH is 1. The summed E-state index contributed by atoms with van der Waals surface area (Å²) < 4.78 is 39.3. The number of allylic oxidation sites excluding steroid dienone is 2. The van der Waals surface area contributed by atoms with E-state index in [0.717, 1.165) is 77.0 Å². The van der Waals surface area contributed by atoms with Crippen LogP contribution in [0.5, 0.6) is 0 Å². The summed E-state index contributed by atoms with van der Waals surface area (Å²) in [5.41, 5.74) is 0. The second-order valence-corrected chi connectivity index (χ2v) is 18.8. The molecule has 0 aliphatic heterocycles. The number of hydrogen-bond acceptors (Lipinski definition) is 10. The zero-order valence-electron chi connectivity index (χ0n) is 40.1. The average Bonchev–Trinajstić information content (AvgIpc) is 3.25. The first-order valence-electron chi connectivity index (χ1n) is 25.6. The first-order valence-corrected chi connectivity index (χ1v) is 27.1. The molecule has 3 unspecified atom stereocenters. The van der Waals surface area contributed by atoms with Crippen LogP contribution in [-0.2, 0) is 42.2 Å². The lowest BCUT2D eigenvalue weighted by atomic mass is 10.0. The van der Waals surface area contributed by atoms with Gasteiger partial charge >= 0.3 is 25.7 Å². The molecular weight excluding hydrogens is 808 g/mol. The number of esters is 3. The van der Waals surface area contributed by atoms with Crippen LogP contribution in [0.1, 0.15) is 252 Å². The van der Waals surface area contributed by atoms with Crippen molar-refractivity contribution in [1.29, 1.82) is 0 Å². The summed E-state index contributed by atoms with van der Waals surface area (Å²) in [4.78, 5) is 48.2. The Morgan fingerprint density at radius 2 is 0.758 bits per heavy atom. The van der Waals surface area contributed by atoms with Gasteiger partial charge in [-0.1, -0.05) is 206 Å². The first-order chi connectivity index (χ1) is 30.2. The van der Waals surface area contributed by atoms with Crippen molar-refractivity contribution in [2.24, 2.45) is 0 Å². The molecule has 0 aliphatic rings. The fourth-order valence-corrected chi connectivity index (χ4v) is 8.00. The van der Waals surface area contributed by atoms with Gasteiger partial charge in [0.2, 0.25) is 0 Å². The van der Waals surface area contributed by atoms with Gasteiger partial charge in [-0.15, -0.1) is 0 Å². The number of rotatable bonds is 48. The van der Waals surface area contributed by atoms with E-state index < -0.39 is 57.8 Å². The highest BCUT2D eigenvalue weighted by atomic mass is 31.2. The quantitative estimate of drug-likeness (QED) is 0.0197. The van der Waals surface area contributed by atoms with E-state index in [1.165, 1.54) is 116 Å². The van der Waals surface area contributed by atoms with E-state index in [9.17, 15) is 28.9 Å². The number of hydrogen-bond donors (Lipinski definition) is 2. The summed E-state index contributed by atoms with van der Waals surface area (Å²) in [6.45, 7) is 4.60. The fraction of sp³-hybridized carbons (Fsp3) is 0.900. The van der Waals surface area contributed by atoms with Crippen molar-refractivity contribution in [2.45, 2.75) is 264 Å². The maximum Gasteiger partial charge on any atom is 0.472 e. The van der Waals surface area contributed by atoms with E-state index in [0.29, 0.717) is 19.3 Å². The van der Waals surface area contributed by atoms with Crippen LogP contribution in [0.4, 0.5) is 0 Å². The topological polar surface area (TPSA) is 155 Å². The van der Waals surface area contributed by atoms with Crippen molar-refractivity contribution in [3.8, 4) is 0 Å². The van der Waals surface area contributed by atoms with Crippen LogP contribution in [0.2, 0.25) is 0 Å². The van der Waals surface area contributed by atoms with Gasteiger partial charge in [0.25, 0.3) is 0 Å². The molecule has 0 saturated carbocycles. The highest BCUT2D eigenvalue weighted by molar-refractivity contribution is 7.47. The highest BCUT2D eigenvalue weighted by Gasteiger charge is 2.28. The van der Waals surface area contributed by atoms with Crippen molar-refractivity contribution in [2.75, 3.05) is 26.4 Å². The summed E-state index contributed by atoms with van der Waals surface area (Å²) in [5.74, 6) is -1.46. The van der Waals surface area contributed by atoms with Gasteiger partial charge < -0.3 is 24.2 Å². The number of unbranched alkanes of at least 4 members (excludes halogenated alkanes) is 29. The van der Waals surface area contributed by atoms with E-state index in [1.807, 2.05) is 0 Å². The largest absolute Gasteiger partial charge is 0.472 e. The predicted octanol–water partition coefficient (Wildman–Crippen LogP) is 14.1. The molecule has 0 aromatic rings. The average molecular weight is 903 g/mol. The molecule has 0 heterocycles. The first kappa shape index (κ1) is 60.2. The molecule has 0 radical (unpaired) electrons. The van der Waals surface area contributed by atoms with Crippen LogP contribution in [0, 0.1) is 0 Å². The van der Waals surface area contributed by atoms with Crippen LogP contribution >= 0.6 is 7.82 Å². The Balaban J connectivity index is 4.71. The van der Waals surface area contributed by atoms with Gasteiger partial charge in [-0.2, -0.15) is 0 Å². The van der Waals surface area contributed by atoms with Gasteiger partial charge in [0.15, 0.2) is 6.10 Å². The Kier molecular flexibility index (Phi) is 44.5. The molecule has 12 heteroatoms. The third-order valence-corrected chi connectivity index (χ3v) is 12.1. The summed E-state index contributed by atoms with van der Waals surface area (Å²) in [7, 11) is -4.73. The molecule has 0 fully saturated rings. The molecule has 3 atom stereocenters. The van der Waals surface area contributed by atoms with E-state index in [2.05, 4.69) is 32.9 Å². The van der Waals surface area contributed by atoms with Crippen LogP contribution < -0.4 is 0 Å². The monoisotopic (exact) mass is 903 g/mol. The van der Waals surface area contributed by atoms with Crippen molar-refractivity contribution >= 4 is 25.7 Å². The zero-order chi connectivity index (χ0) is 45.6. The number of phosphoric ester groups is 1. The second-order valence-electron chi connectivity index (χ2n) is 17.3. The molecule has 11 nitrogen and oxygen atoms in total. The highest BCUT2D eigenvalue weighted by Crippen LogP contribution is 2.43. The molecule has 2 N–H and O–H groups in total. The lowest BCUT2D eigenvalue weighted by Crippen LogP contribution is -2.30. The lowest BCUT2D eigenvalue weighted by molar-refractivity contribution is -0.161. The minimum Gasteiger partial charge on any atom is -0.462 e. The standard InChI is InChI=1S/C50H95O11P/c1-4-7-10-13-16-19-22-23-26-29-32-35-38-41-50(54)61-47(43-57-48(52)39-36-33-30-27-24-20-17-14-11-8-5-2)45-59-62(55,56)58-44-46(42-51)60-49(53)40-37-34-31-28-25-21-18-15-12-9-6-3/h14,17,46-47,51H,4-13,15-16,18-45H2,1-3H3,(H,55,56)/b17-14-. The van der Waals surface area contributed by atoms with Gasteiger partial charge in [0.05, 0.1) is 19.8 Å². The Hall–Kier alpha value is -1.78. The zero-order valence-corrected chi connectivity index (χ0v) is 41.0. The molecular formula is C50H95O11P. The van der Waals surface area contributed by atoms with E-state index in [-0.39, 0.29) is 25.9 Å². The molecule has 0 saturated heterocycles. The molecule has 0 rings (SSSR count). The van der Waals surface area contributed by atoms with E-state index in [4.69, 9.17) is 23.3 Å². The normalized spacial score (nSPS) is 13.6. The third-order valence-electron chi connectivity index (χ3n) is 11.2. The minimum absolute atomic E-state index is 0.173.